The van der Waals surface area contributed by atoms with Crippen molar-refractivity contribution in [3.8, 4) is 5.75 Å². The Morgan fingerprint density at radius 2 is 1.94 bits per heavy atom. The fourth-order valence-corrected chi connectivity index (χ4v) is 1.78. The third-order valence-corrected chi connectivity index (χ3v) is 2.83. The van der Waals surface area contributed by atoms with Crippen molar-refractivity contribution in [2.24, 2.45) is 0 Å². The van der Waals surface area contributed by atoms with Crippen LogP contribution < -0.4 is 10.1 Å². The summed E-state index contributed by atoms with van der Waals surface area (Å²) >= 11 is 0. The van der Waals surface area contributed by atoms with Gasteiger partial charge >= 0.3 is 0 Å². The highest BCUT2D eigenvalue weighted by molar-refractivity contribution is 5.35. The highest BCUT2D eigenvalue weighted by Crippen LogP contribution is 2.30. The van der Waals surface area contributed by atoms with Crippen molar-refractivity contribution in [1.82, 2.24) is 5.32 Å². The van der Waals surface area contributed by atoms with E-state index in [9.17, 15) is 8.78 Å². The zero-order chi connectivity index (χ0) is 13.8. The van der Waals surface area contributed by atoms with Crippen molar-refractivity contribution in [1.29, 1.82) is 0 Å². The monoisotopic (exact) mass is 259 g/mol. The molecule has 0 saturated carbocycles. The summed E-state index contributed by atoms with van der Waals surface area (Å²) in [6, 6.07) is 2.22. The summed E-state index contributed by atoms with van der Waals surface area (Å²) in [5.41, 5.74) is -0.293. The molecule has 0 aliphatic rings. The van der Waals surface area contributed by atoms with Gasteiger partial charge in [-0.05, 0) is 11.6 Å². The van der Waals surface area contributed by atoms with E-state index >= 15 is 0 Å². The molecule has 0 aliphatic carbocycles. The Hall–Kier alpha value is -1.20. The minimum absolute atomic E-state index is 0.00946. The Morgan fingerprint density at radius 3 is 2.50 bits per heavy atom. The first-order valence-corrected chi connectivity index (χ1v) is 5.77. The molecule has 0 radical (unpaired) electrons. The number of hydrogen-bond donors (Lipinski definition) is 2. The average molecular weight is 259 g/mol. The number of methoxy groups -OCH3 is 1. The molecular weight excluding hydrogens is 240 g/mol. The quantitative estimate of drug-likeness (QED) is 0.766. The first-order valence-electron chi connectivity index (χ1n) is 5.77. The SMILES string of the molecule is COc1cc(F)c(C(C)(C)CNCCO)cc1F. The van der Waals surface area contributed by atoms with Gasteiger partial charge in [0.25, 0.3) is 0 Å². The maximum absolute atomic E-state index is 13.9. The van der Waals surface area contributed by atoms with Crippen LogP contribution in [0.1, 0.15) is 19.4 Å². The predicted octanol–water partition coefficient (Wildman–Crippen LogP) is 1.83. The molecule has 1 aromatic carbocycles. The Morgan fingerprint density at radius 1 is 1.28 bits per heavy atom. The van der Waals surface area contributed by atoms with Crippen LogP contribution in [0.4, 0.5) is 8.78 Å². The van der Waals surface area contributed by atoms with Gasteiger partial charge in [0.1, 0.15) is 5.82 Å². The molecule has 0 saturated heterocycles. The van der Waals surface area contributed by atoms with Crippen LogP contribution in [-0.4, -0.2) is 31.9 Å². The zero-order valence-corrected chi connectivity index (χ0v) is 10.9. The molecule has 0 aromatic heterocycles. The van der Waals surface area contributed by atoms with Crippen molar-refractivity contribution in [3.63, 3.8) is 0 Å². The summed E-state index contributed by atoms with van der Waals surface area (Å²) in [5, 5.41) is 11.7. The summed E-state index contributed by atoms with van der Waals surface area (Å²) in [6.07, 6.45) is 0. The standard InChI is InChI=1S/C13H19F2NO2/c1-13(2,8-16-4-5-17)9-6-11(15)12(18-3)7-10(9)14/h6-7,16-17H,4-5,8H2,1-3H3. The van der Waals surface area contributed by atoms with Crippen LogP contribution >= 0.6 is 0 Å². The third kappa shape index (κ3) is 3.40. The van der Waals surface area contributed by atoms with Crippen LogP contribution in [0.25, 0.3) is 0 Å². The number of rotatable bonds is 6. The number of ether oxygens (including phenoxy) is 1. The number of aliphatic hydroxyl groups is 1. The molecule has 0 atom stereocenters. The molecule has 0 unspecified atom stereocenters. The van der Waals surface area contributed by atoms with Crippen molar-refractivity contribution in [3.05, 3.63) is 29.3 Å². The van der Waals surface area contributed by atoms with Crippen LogP contribution in [-0.2, 0) is 5.41 Å². The topological polar surface area (TPSA) is 41.5 Å². The summed E-state index contributed by atoms with van der Waals surface area (Å²) in [6.45, 7) is 4.48. The molecule has 18 heavy (non-hydrogen) atoms. The number of aliphatic hydroxyl groups excluding tert-OH is 1. The second-order valence-corrected chi connectivity index (χ2v) is 4.75. The lowest BCUT2D eigenvalue weighted by atomic mass is 9.84. The lowest BCUT2D eigenvalue weighted by Crippen LogP contribution is -2.35. The van der Waals surface area contributed by atoms with Gasteiger partial charge in [-0.25, -0.2) is 8.78 Å². The second-order valence-electron chi connectivity index (χ2n) is 4.75. The minimum Gasteiger partial charge on any atom is -0.494 e. The van der Waals surface area contributed by atoms with Gasteiger partial charge in [0.05, 0.1) is 13.7 Å². The van der Waals surface area contributed by atoms with Gasteiger partial charge in [-0.15, -0.1) is 0 Å². The van der Waals surface area contributed by atoms with Crippen molar-refractivity contribution in [2.75, 3.05) is 26.8 Å². The molecule has 2 N–H and O–H groups in total. The normalized spacial score (nSPS) is 11.7. The van der Waals surface area contributed by atoms with Gasteiger partial charge in [0.15, 0.2) is 11.6 Å². The summed E-state index contributed by atoms with van der Waals surface area (Å²) in [5.74, 6) is -1.18. The van der Waals surface area contributed by atoms with E-state index in [2.05, 4.69) is 5.32 Å². The van der Waals surface area contributed by atoms with Gasteiger partial charge in [-0.1, -0.05) is 13.8 Å². The molecule has 0 amide bonds. The lowest BCUT2D eigenvalue weighted by molar-refractivity contribution is 0.286. The van der Waals surface area contributed by atoms with E-state index in [1.165, 1.54) is 7.11 Å². The van der Waals surface area contributed by atoms with Crippen molar-refractivity contribution >= 4 is 0 Å². The fourth-order valence-electron chi connectivity index (χ4n) is 1.78. The number of nitrogens with one attached hydrogen (secondary N) is 1. The molecule has 102 valence electrons. The van der Waals surface area contributed by atoms with E-state index in [4.69, 9.17) is 9.84 Å². The van der Waals surface area contributed by atoms with Gasteiger partial charge < -0.3 is 15.2 Å². The maximum Gasteiger partial charge on any atom is 0.165 e. The van der Waals surface area contributed by atoms with E-state index in [1.54, 1.807) is 0 Å². The Balaban J connectivity index is 2.97. The summed E-state index contributed by atoms with van der Waals surface area (Å²) < 4.78 is 32.2. The van der Waals surface area contributed by atoms with Crippen molar-refractivity contribution in [2.45, 2.75) is 19.3 Å². The highest BCUT2D eigenvalue weighted by atomic mass is 19.1. The zero-order valence-electron chi connectivity index (χ0n) is 10.9. The molecule has 0 heterocycles. The molecule has 3 nitrogen and oxygen atoms in total. The Labute approximate surface area is 106 Å². The largest absolute Gasteiger partial charge is 0.494 e. The Bertz CT molecular complexity index is 408. The smallest absolute Gasteiger partial charge is 0.165 e. The summed E-state index contributed by atoms with van der Waals surface area (Å²) in [4.78, 5) is 0. The van der Waals surface area contributed by atoms with Crippen LogP contribution in [0.5, 0.6) is 5.75 Å². The molecule has 0 fully saturated rings. The van der Waals surface area contributed by atoms with E-state index in [0.717, 1.165) is 12.1 Å². The second kappa shape index (κ2) is 6.11. The molecule has 0 spiro atoms. The van der Waals surface area contributed by atoms with Gasteiger partial charge in [0, 0.05) is 24.6 Å². The fraction of sp³-hybridized carbons (Fsp3) is 0.538. The van der Waals surface area contributed by atoms with Gasteiger partial charge in [-0.2, -0.15) is 0 Å². The van der Waals surface area contributed by atoms with Crippen LogP contribution in [0.15, 0.2) is 12.1 Å². The van der Waals surface area contributed by atoms with Crippen LogP contribution in [0, 0.1) is 11.6 Å². The minimum atomic E-state index is -0.580. The predicted molar refractivity (Wildman–Crippen MR) is 65.9 cm³/mol. The van der Waals surface area contributed by atoms with E-state index in [-0.39, 0.29) is 17.9 Å². The van der Waals surface area contributed by atoms with E-state index in [1.807, 2.05) is 13.8 Å². The number of halogens is 2. The third-order valence-electron chi connectivity index (χ3n) is 2.83. The van der Waals surface area contributed by atoms with Gasteiger partial charge in [0.2, 0.25) is 0 Å². The van der Waals surface area contributed by atoms with Crippen molar-refractivity contribution < 1.29 is 18.6 Å². The first kappa shape index (κ1) is 14.9. The highest BCUT2D eigenvalue weighted by Gasteiger charge is 2.25. The molecule has 0 aliphatic heterocycles. The maximum atomic E-state index is 13.9. The summed E-state index contributed by atoms with van der Waals surface area (Å²) in [7, 11) is 1.30. The Kier molecular flexibility index (Phi) is 5.04. The number of hydrogen-bond acceptors (Lipinski definition) is 3. The molecule has 5 heteroatoms. The van der Waals surface area contributed by atoms with Crippen LogP contribution in [0.3, 0.4) is 0 Å². The van der Waals surface area contributed by atoms with E-state index in [0.29, 0.717) is 13.1 Å². The molecular formula is C13H19F2NO2. The van der Waals surface area contributed by atoms with Gasteiger partial charge in [-0.3, -0.25) is 0 Å². The lowest BCUT2D eigenvalue weighted by Gasteiger charge is -2.26. The molecule has 0 bridgehead atoms. The average Bonchev–Trinajstić information content (AvgIpc) is 2.31. The molecule has 1 aromatic rings. The first-order chi connectivity index (χ1) is 8.42. The molecule has 1 rings (SSSR count). The van der Waals surface area contributed by atoms with E-state index < -0.39 is 17.0 Å². The number of benzene rings is 1. The van der Waals surface area contributed by atoms with Crippen LogP contribution in [0.2, 0.25) is 0 Å².